The number of nitrogens with one attached hydrogen (secondary N) is 1. The van der Waals surface area contributed by atoms with Gasteiger partial charge in [-0.15, -0.1) is 0 Å². The van der Waals surface area contributed by atoms with Gasteiger partial charge < -0.3 is 15.0 Å². The molecule has 1 aliphatic heterocycles. The summed E-state index contributed by atoms with van der Waals surface area (Å²) in [5.74, 6) is 0.684. The molecule has 0 unspecified atom stereocenters. The molecule has 2 amide bonds. The van der Waals surface area contributed by atoms with Gasteiger partial charge in [-0.3, -0.25) is 4.90 Å². The summed E-state index contributed by atoms with van der Waals surface area (Å²) < 4.78 is 5.37. The van der Waals surface area contributed by atoms with E-state index < -0.39 is 0 Å². The zero-order valence-electron chi connectivity index (χ0n) is 14.8. The standard InChI is InChI=1S/C19H29N3O2/c1-15(17-5-6-17)21(2)19(23)20-18-7-3-16(4-8-18)9-10-22-11-13-24-14-12-22/h3-4,7-8,15,17H,5-6,9-14H2,1-2H3,(H,20,23)/t15-/m1/s1. The summed E-state index contributed by atoms with van der Waals surface area (Å²) in [5.41, 5.74) is 2.17. The summed E-state index contributed by atoms with van der Waals surface area (Å²) >= 11 is 0. The van der Waals surface area contributed by atoms with Gasteiger partial charge in [-0.1, -0.05) is 12.1 Å². The lowest BCUT2D eigenvalue weighted by Gasteiger charge is -2.26. The van der Waals surface area contributed by atoms with Gasteiger partial charge in [0.15, 0.2) is 0 Å². The van der Waals surface area contributed by atoms with Gasteiger partial charge in [0, 0.05) is 38.4 Å². The maximum Gasteiger partial charge on any atom is 0.321 e. The number of carbonyl (C=O) groups excluding carboxylic acids is 1. The third-order valence-electron chi connectivity index (χ3n) is 5.26. The van der Waals surface area contributed by atoms with Crippen molar-refractivity contribution in [3.05, 3.63) is 29.8 Å². The number of benzene rings is 1. The number of urea groups is 1. The predicted molar refractivity (Wildman–Crippen MR) is 96.4 cm³/mol. The Hall–Kier alpha value is -1.59. The normalized spacial score (nSPS) is 19.8. The van der Waals surface area contributed by atoms with E-state index in [2.05, 4.69) is 29.3 Å². The van der Waals surface area contributed by atoms with E-state index >= 15 is 0 Å². The number of carbonyl (C=O) groups is 1. The van der Waals surface area contributed by atoms with Crippen molar-refractivity contribution in [1.82, 2.24) is 9.80 Å². The monoisotopic (exact) mass is 331 g/mol. The molecule has 1 saturated heterocycles. The van der Waals surface area contributed by atoms with Crippen LogP contribution in [0.2, 0.25) is 0 Å². The molecule has 0 aromatic heterocycles. The molecule has 1 aromatic carbocycles. The van der Waals surface area contributed by atoms with Crippen molar-refractivity contribution >= 4 is 11.7 Å². The molecule has 24 heavy (non-hydrogen) atoms. The molecule has 3 rings (SSSR count). The van der Waals surface area contributed by atoms with Gasteiger partial charge in [-0.2, -0.15) is 0 Å². The maximum atomic E-state index is 12.3. The molecule has 5 heteroatoms. The van der Waals surface area contributed by atoms with Crippen LogP contribution in [-0.2, 0) is 11.2 Å². The van der Waals surface area contributed by atoms with E-state index in [0.29, 0.717) is 12.0 Å². The molecule has 1 heterocycles. The third kappa shape index (κ3) is 4.71. The second kappa shape index (κ2) is 7.99. The van der Waals surface area contributed by atoms with Crippen molar-refractivity contribution in [1.29, 1.82) is 0 Å². The molecule has 2 fully saturated rings. The van der Waals surface area contributed by atoms with Gasteiger partial charge in [0.25, 0.3) is 0 Å². The summed E-state index contributed by atoms with van der Waals surface area (Å²) in [5, 5.41) is 3.00. The minimum Gasteiger partial charge on any atom is -0.379 e. The molecule has 1 atom stereocenters. The van der Waals surface area contributed by atoms with Crippen LogP contribution in [-0.4, -0.2) is 61.8 Å². The average molecular weight is 331 g/mol. The van der Waals surface area contributed by atoms with Crippen LogP contribution in [0.25, 0.3) is 0 Å². The van der Waals surface area contributed by atoms with Crippen LogP contribution >= 0.6 is 0 Å². The zero-order chi connectivity index (χ0) is 16.9. The lowest BCUT2D eigenvalue weighted by molar-refractivity contribution is 0.0384. The summed E-state index contributed by atoms with van der Waals surface area (Å²) in [6.07, 6.45) is 3.53. The van der Waals surface area contributed by atoms with Crippen molar-refractivity contribution in [2.45, 2.75) is 32.2 Å². The van der Waals surface area contributed by atoms with Gasteiger partial charge in [-0.25, -0.2) is 4.79 Å². The van der Waals surface area contributed by atoms with Gasteiger partial charge in [-0.05, 0) is 49.8 Å². The second-order valence-electron chi connectivity index (χ2n) is 7.02. The Kier molecular flexibility index (Phi) is 5.74. The first-order valence-corrected chi connectivity index (χ1v) is 9.06. The predicted octanol–water partition coefficient (Wildman–Crippen LogP) is 2.82. The highest BCUT2D eigenvalue weighted by atomic mass is 16.5. The Morgan fingerprint density at radius 1 is 1.29 bits per heavy atom. The Labute approximate surface area is 145 Å². The minimum atomic E-state index is -0.0181. The molecule has 1 N–H and O–H groups in total. The van der Waals surface area contributed by atoms with E-state index in [9.17, 15) is 4.79 Å². The fraction of sp³-hybridized carbons (Fsp3) is 0.632. The van der Waals surface area contributed by atoms with Crippen LogP contribution in [0.4, 0.5) is 10.5 Å². The van der Waals surface area contributed by atoms with Gasteiger partial charge in [0.05, 0.1) is 13.2 Å². The molecule has 0 radical (unpaired) electrons. The number of hydrogen-bond donors (Lipinski definition) is 1. The fourth-order valence-electron chi connectivity index (χ4n) is 3.16. The minimum absolute atomic E-state index is 0.0181. The number of hydrogen-bond acceptors (Lipinski definition) is 3. The largest absolute Gasteiger partial charge is 0.379 e. The van der Waals surface area contributed by atoms with Crippen LogP contribution in [0.1, 0.15) is 25.3 Å². The maximum absolute atomic E-state index is 12.3. The third-order valence-corrected chi connectivity index (χ3v) is 5.26. The topological polar surface area (TPSA) is 44.8 Å². The first kappa shape index (κ1) is 17.2. The van der Waals surface area contributed by atoms with Crippen LogP contribution in [0.3, 0.4) is 0 Å². The molecular weight excluding hydrogens is 302 g/mol. The van der Waals surface area contributed by atoms with Crippen LogP contribution in [0.15, 0.2) is 24.3 Å². The van der Waals surface area contributed by atoms with E-state index in [1.54, 1.807) is 0 Å². The molecule has 1 saturated carbocycles. The second-order valence-corrected chi connectivity index (χ2v) is 7.02. The number of rotatable bonds is 6. The molecule has 132 valence electrons. The molecular formula is C19H29N3O2. The Balaban J connectivity index is 1.45. The first-order valence-electron chi connectivity index (χ1n) is 9.06. The molecule has 1 aliphatic carbocycles. The molecule has 5 nitrogen and oxygen atoms in total. The quantitative estimate of drug-likeness (QED) is 0.872. The van der Waals surface area contributed by atoms with Crippen molar-refractivity contribution < 1.29 is 9.53 Å². The fourth-order valence-corrected chi connectivity index (χ4v) is 3.16. The highest BCUT2D eigenvalue weighted by molar-refractivity contribution is 5.89. The van der Waals surface area contributed by atoms with Crippen molar-refractivity contribution in [2.24, 2.45) is 5.92 Å². The molecule has 0 bridgehead atoms. The van der Waals surface area contributed by atoms with Crippen molar-refractivity contribution in [2.75, 3.05) is 45.2 Å². The van der Waals surface area contributed by atoms with E-state index in [0.717, 1.165) is 45.0 Å². The van der Waals surface area contributed by atoms with E-state index in [1.165, 1.54) is 18.4 Å². The number of amides is 2. The van der Waals surface area contributed by atoms with Crippen LogP contribution in [0, 0.1) is 5.92 Å². The van der Waals surface area contributed by atoms with Crippen molar-refractivity contribution in [3.8, 4) is 0 Å². The smallest absolute Gasteiger partial charge is 0.321 e. The molecule has 0 spiro atoms. The van der Waals surface area contributed by atoms with Gasteiger partial charge in [0.2, 0.25) is 0 Å². The lowest BCUT2D eigenvalue weighted by atomic mass is 10.1. The number of anilines is 1. The highest BCUT2D eigenvalue weighted by Crippen LogP contribution is 2.34. The first-order chi connectivity index (χ1) is 11.6. The SMILES string of the molecule is C[C@H](C1CC1)N(C)C(=O)Nc1ccc(CCN2CCOCC2)cc1. The Morgan fingerprint density at radius 3 is 2.58 bits per heavy atom. The van der Waals surface area contributed by atoms with Gasteiger partial charge >= 0.3 is 6.03 Å². The number of nitrogens with zero attached hydrogens (tertiary/aromatic N) is 2. The van der Waals surface area contributed by atoms with Crippen molar-refractivity contribution in [3.63, 3.8) is 0 Å². The Morgan fingerprint density at radius 2 is 1.96 bits per heavy atom. The number of morpholine rings is 1. The summed E-state index contributed by atoms with van der Waals surface area (Å²) in [7, 11) is 1.88. The summed E-state index contributed by atoms with van der Waals surface area (Å²) in [6.45, 7) is 6.94. The molecule has 2 aliphatic rings. The van der Waals surface area contributed by atoms with Crippen LogP contribution < -0.4 is 5.32 Å². The van der Waals surface area contributed by atoms with E-state index in [-0.39, 0.29) is 6.03 Å². The van der Waals surface area contributed by atoms with Crippen LogP contribution in [0.5, 0.6) is 0 Å². The Bertz CT molecular complexity index is 536. The van der Waals surface area contributed by atoms with E-state index in [4.69, 9.17) is 4.74 Å². The zero-order valence-corrected chi connectivity index (χ0v) is 14.8. The lowest BCUT2D eigenvalue weighted by Crippen LogP contribution is -2.39. The number of ether oxygens (including phenoxy) is 1. The average Bonchev–Trinajstić information content (AvgIpc) is 3.46. The van der Waals surface area contributed by atoms with Gasteiger partial charge in [0.1, 0.15) is 0 Å². The summed E-state index contributed by atoms with van der Waals surface area (Å²) in [6, 6.07) is 8.53. The summed E-state index contributed by atoms with van der Waals surface area (Å²) in [4.78, 5) is 16.6. The molecule has 1 aromatic rings. The van der Waals surface area contributed by atoms with E-state index in [1.807, 2.05) is 24.1 Å². The highest BCUT2D eigenvalue weighted by Gasteiger charge is 2.32.